The second-order valence-corrected chi connectivity index (χ2v) is 6.16. The van der Waals surface area contributed by atoms with Gasteiger partial charge in [0.2, 0.25) is 5.91 Å². The van der Waals surface area contributed by atoms with Gasteiger partial charge >= 0.3 is 0 Å². The first kappa shape index (κ1) is 14.3. The Morgan fingerprint density at radius 3 is 2.71 bits per heavy atom. The fourth-order valence-corrected chi connectivity index (χ4v) is 3.33. The van der Waals surface area contributed by atoms with Crippen LogP contribution in [-0.2, 0) is 11.3 Å². The molecule has 0 aliphatic carbocycles. The minimum Gasteiger partial charge on any atom is -0.343 e. The number of carbonyl (C=O) groups excluding carboxylic acids is 2. The molecule has 1 aromatic heterocycles. The second-order valence-electron chi connectivity index (χ2n) is 5.39. The van der Waals surface area contributed by atoms with Crippen molar-refractivity contribution >= 4 is 23.6 Å². The van der Waals surface area contributed by atoms with Gasteiger partial charge in [-0.3, -0.25) is 9.59 Å². The smallest absolute Gasteiger partial charge is 0.257 e. The molecule has 0 spiro atoms. The Morgan fingerprint density at radius 2 is 2.10 bits per heavy atom. The number of carbonyl (C=O) groups is 2. The largest absolute Gasteiger partial charge is 0.343 e. The van der Waals surface area contributed by atoms with Gasteiger partial charge in [0, 0.05) is 32.3 Å². The zero-order valence-electron chi connectivity index (χ0n) is 12.2. The summed E-state index contributed by atoms with van der Waals surface area (Å²) in [5, 5.41) is 0.704. The minimum absolute atomic E-state index is 0.0268. The number of aromatic nitrogens is 2. The number of thioether (sulfide) groups is 1. The number of hydrogen-bond acceptors (Lipinski definition) is 5. The van der Waals surface area contributed by atoms with E-state index in [0.717, 1.165) is 31.6 Å². The molecule has 1 fully saturated rings. The Balaban J connectivity index is 1.72. The molecule has 1 aromatic rings. The van der Waals surface area contributed by atoms with E-state index in [1.807, 2.05) is 16.1 Å². The molecule has 0 N–H and O–H groups in total. The van der Waals surface area contributed by atoms with Crippen molar-refractivity contribution in [3.63, 3.8) is 0 Å². The third-order valence-corrected chi connectivity index (χ3v) is 4.75. The van der Waals surface area contributed by atoms with Crippen molar-refractivity contribution in [3.8, 4) is 0 Å². The summed E-state index contributed by atoms with van der Waals surface area (Å²) in [5.74, 6) is 0.138. The maximum Gasteiger partial charge on any atom is 0.257 e. The third kappa shape index (κ3) is 2.62. The summed E-state index contributed by atoms with van der Waals surface area (Å²) in [6.07, 6.45) is 5.24. The molecule has 112 valence electrons. The minimum atomic E-state index is 0.0268. The normalized spacial score (nSPS) is 19.0. The van der Waals surface area contributed by atoms with Crippen molar-refractivity contribution in [1.29, 1.82) is 0 Å². The lowest BCUT2D eigenvalue weighted by molar-refractivity contribution is -0.130. The van der Waals surface area contributed by atoms with Gasteiger partial charge in [-0.05, 0) is 19.1 Å². The lowest BCUT2D eigenvalue weighted by Gasteiger charge is -2.36. The van der Waals surface area contributed by atoms with Gasteiger partial charge in [-0.1, -0.05) is 11.8 Å². The first-order valence-electron chi connectivity index (χ1n) is 7.06. The standard InChI is InChI=1S/C14H18N4O2S/c1-9(19)17-5-3-10(4-6-17)18-8-12-11(13(18)20)7-15-14(16-12)21-2/h7,10H,3-6,8H2,1-2H3. The van der Waals surface area contributed by atoms with Crippen molar-refractivity contribution in [2.45, 2.75) is 37.5 Å². The zero-order chi connectivity index (χ0) is 15.0. The molecular formula is C14H18N4O2S. The molecular weight excluding hydrogens is 288 g/mol. The zero-order valence-corrected chi connectivity index (χ0v) is 13.0. The van der Waals surface area contributed by atoms with Gasteiger partial charge in [-0.15, -0.1) is 0 Å². The number of piperidine rings is 1. The molecule has 6 nitrogen and oxygen atoms in total. The summed E-state index contributed by atoms with van der Waals surface area (Å²) in [6, 6.07) is 0.194. The van der Waals surface area contributed by atoms with E-state index < -0.39 is 0 Å². The van der Waals surface area contributed by atoms with Gasteiger partial charge in [0.05, 0.1) is 17.8 Å². The van der Waals surface area contributed by atoms with Crippen LogP contribution in [0, 0.1) is 0 Å². The van der Waals surface area contributed by atoms with Crippen LogP contribution in [0.2, 0.25) is 0 Å². The number of fused-ring (bicyclic) bond motifs is 1. The lowest BCUT2D eigenvalue weighted by atomic mass is 10.0. The number of rotatable bonds is 2. The Kier molecular flexibility index (Phi) is 3.84. The molecule has 3 rings (SSSR count). The molecule has 3 heterocycles. The second kappa shape index (κ2) is 5.63. The van der Waals surface area contributed by atoms with Crippen LogP contribution < -0.4 is 0 Å². The maximum absolute atomic E-state index is 12.5. The summed E-state index contributed by atoms with van der Waals surface area (Å²) in [7, 11) is 0. The van der Waals surface area contributed by atoms with Crippen molar-refractivity contribution in [2.75, 3.05) is 19.3 Å². The van der Waals surface area contributed by atoms with Crippen LogP contribution in [0.3, 0.4) is 0 Å². The first-order chi connectivity index (χ1) is 10.1. The molecule has 0 bridgehead atoms. The van der Waals surface area contributed by atoms with E-state index in [4.69, 9.17) is 0 Å². The molecule has 0 radical (unpaired) electrons. The molecule has 0 atom stereocenters. The molecule has 21 heavy (non-hydrogen) atoms. The molecule has 1 saturated heterocycles. The third-order valence-electron chi connectivity index (χ3n) is 4.19. The van der Waals surface area contributed by atoms with Crippen LogP contribution in [0.4, 0.5) is 0 Å². The van der Waals surface area contributed by atoms with E-state index >= 15 is 0 Å². The maximum atomic E-state index is 12.5. The van der Waals surface area contributed by atoms with Crippen molar-refractivity contribution < 1.29 is 9.59 Å². The summed E-state index contributed by atoms with van der Waals surface area (Å²) < 4.78 is 0. The van der Waals surface area contributed by atoms with Crippen molar-refractivity contribution in [3.05, 3.63) is 17.5 Å². The van der Waals surface area contributed by atoms with Gasteiger partial charge in [0.15, 0.2) is 5.16 Å². The highest BCUT2D eigenvalue weighted by atomic mass is 32.2. The van der Waals surface area contributed by atoms with Crippen LogP contribution in [0.5, 0.6) is 0 Å². The van der Waals surface area contributed by atoms with Crippen LogP contribution in [-0.4, -0.2) is 57.0 Å². The number of nitrogens with zero attached hydrogens (tertiary/aromatic N) is 4. The van der Waals surface area contributed by atoms with E-state index in [2.05, 4.69) is 9.97 Å². The molecule has 0 aromatic carbocycles. The lowest BCUT2D eigenvalue weighted by Crippen LogP contribution is -2.46. The molecule has 0 saturated carbocycles. The fraction of sp³-hybridized carbons (Fsp3) is 0.571. The highest BCUT2D eigenvalue weighted by Crippen LogP contribution is 2.28. The van der Waals surface area contributed by atoms with Gasteiger partial charge in [0.1, 0.15) is 0 Å². The summed E-state index contributed by atoms with van der Waals surface area (Å²) in [4.78, 5) is 36.2. The predicted octanol–water partition coefficient (Wildman–Crippen LogP) is 1.17. The molecule has 2 aliphatic heterocycles. The average Bonchev–Trinajstić information content (AvgIpc) is 2.83. The number of hydrogen-bond donors (Lipinski definition) is 0. The molecule has 7 heteroatoms. The van der Waals surface area contributed by atoms with Gasteiger partial charge in [0.25, 0.3) is 5.91 Å². The van der Waals surface area contributed by atoms with E-state index in [1.54, 1.807) is 13.1 Å². The van der Waals surface area contributed by atoms with Gasteiger partial charge in [-0.25, -0.2) is 9.97 Å². The SMILES string of the molecule is CSc1ncc2c(n1)CN(C1CCN(C(C)=O)CC1)C2=O. The first-order valence-corrected chi connectivity index (χ1v) is 8.29. The average molecular weight is 306 g/mol. The quantitative estimate of drug-likeness (QED) is 0.606. The Labute approximate surface area is 127 Å². The van der Waals surface area contributed by atoms with Crippen molar-refractivity contribution in [1.82, 2.24) is 19.8 Å². The van der Waals surface area contributed by atoms with Crippen molar-refractivity contribution in [2.24, 2.45) is 0 Å². The van der Waals surface area contributed by atoms with Gasteiger partial charge in [-0.2, -0.15) is 0 Å². The fourth-order valence-electron chi connectivity index (χ4n) is 2.97. The highest BCUT2D eigenvalue weighted by molar-refractivity contribution is 7.98. The molecule has 0 unspecified atom stereocenters. The monoisotopic (exact) mass is 306 g/mol. The molecule has 2 aliphatic rings. The summed E-state index contributed by atoms with van der Waals surface area (Å²) in [5.41, 5.74) is 1.45. The van der Waals surface area contributed by atoms with E-state index in [9.17, 15) is 9.59 Å². The van der Waals surface area contributed by atoms with E-state index in [1.165, 1.54) is 11.8 Å². The van der Waals surface area contributed by atoms with E-state index in [0.29, 0.717) is 17.3 Å². The number of likely N-dealkylation sites (tertiary alicyclic amines) is 1. The van der Waals surface area contributed by atoms with Crippen LogP contribution in [0.15, 0.2) is 11.4 Å². The van der Waals surface area contributed by atoms with E-state index in [-0.39, 0.29) is 17.9 Å². The summed E-state index contributed by atoms with van der Waals surface area (Å²) in [6.45, 7) is 3.61. The predicted molar refractivity (Wildman–Crippen MR) is 79.0 cm³/mol. The van der Waals surface area contributed by atoms with Crippen LogP contribution >= 0.6 is 11.8 Å². The summed E-state index contributed by atoms with van der Waals surface area (Å²) >= 11 is 1.48. The van der Waals surface area contributed by atoms with Gasteiger partial charge < -0.3 is 9.80 Å². The molecule has 2 amide bonds. The Morgan fingerprint density at radius 1 is 1.38 bits per heavy atom. The highest BCUT2D eigenvalue weighted by Gasteiger charge is 2.36. The van der Waals surface area contributed by atoms with Crippen LogP contribution in [0.25, 0.3) is 0 Å². The van der Waals surface area contributed by atoms with Crippen LogP contribution in [0.1, 0.15) is 35.8 Å². The Bertz CT molecular complexity index is 584. The number of amides is 2. The Hall–Kier alpha value is -1.63. The topological polar surface area (TPSA) is 66.4 Å².